The van der Waals surface area contributed by atoms with Crippen molar-refractivity contribution in [3.63, 3.8) is 0 Å². The molecule has 0 aromatic heterocycles. The summed E-state index contributed by atoms with van der Waals surface area (Å²) in [4.78, 5) is 0. The molecular weight excluding hydrogens is 230 g/mol. The molecule has 1 heteroatoms. The van der Waals surface area contributed by atoms with Crippen LogP contribution in [0.15, 0.2) is 18.2 Å². The number of rotatable bonds is 3. The van der Waals surface area contributed by atoms with Crippen LogP contribution in [0.3, 0.4) is 0 Å². The molecule has 1 fully saturated rings. The first kappa shape index (κ1) is 14.6. The van der Waals surface area contributed by atoms with E-state index in [2.05, 4.69) is 45.9 Å². The fourth-order valence-electron chi connectivity index (χ4n) is 3.52. The zero-order valence-electron chi connectivity index (χ0n) is 13.0. The third-order valence-electron chi connectivity index (χ3n) is 5.34. The second-order valence-corrected chi connectivity index (χ2v) is 6.72. The van der Waals surface area contributed by atoms with E-state index in [1.54, 1.807) is 0 Å². The van der Waals surface area contributed by atoms with Crippen molar-refractivity contribution >= 4 is 0 Å². The van der Waals surface area contributed by atoms with Crippen LogP contribution in [0.5, 0.6) is 0 Å². The molecule has 0 amide bonds. The van der Waals surface area contributed by atoms with Crippen LogP contribution in [0.25, 0.3) is 0 Å². The van der Waals surface area contributed by atoms with Gasteiger partial charge < -0.3 is 5.73 Å². The summed E-state index contributed by atoms with van der Waals surface area (Å²) in [5, 5.41) is 0. The van der Waals surface area contributed by atoms with Crippen LogP contribution in [-0.2, 0) is 5.54 Å². The van der Waals surface area contributed by atoms with Gasteiger partial charge in [0.05, 0.1) is 0 Å². The molecule has 1 nitrogen and oxygen atoms in total. The van der Waals surface area contributed by atoms with Gasteiger partial charge in [0.25, 0.3) is 0 Å². The molecule has 2 rings (SSSR count). The Balaban J connectivity index is 2.22. The van der Waals surface area contributed by atoms with Crippen molar-refractivity contribution < 1.29 is 0 Å². The van der Waals surface area contributed by atoms with Gasteiger partial charge in [-0.2, -0.15) is 0 Å². The summed E-state index contributed by atoms with van der Waals surface area (Å²) in [7, 11) is 0. The smallest absolute Gasteiger partial charge is 0.0409 e. The van der Waals surface area contributed by atoms with Crippen molar-refractivity contribution in [1.82, 2.24) is 0 Å². The second kappa shape index (κ2) is 5.66. The molecule has 3 unspecified atom stereocenters. The predicted molar refractivity (Wildman–Crippen MR) is 83.2 cm³/mol. The van der Waals surface area contributed by atoms with E-state index in [4.69, 9.17) is 5.73 Å². The normalized spacial score (nSPS) is 27.0. The summed E-state index contributed by atoms with van der Waals surface area (Å²) in [5.41, 5.74) is 10.6. The maximum absolute atomic E-state index is 6.75. The Kier molecular flexibility index (Phi) is 4.35. The molecule has 1 aliphatic rings. The van der Waals surface area contributed by atoms with Crippen molar-refractivity contribution in [1.29, 1.82) is 0 Å². The lowest BCUT2D eigenvalue weighted by Gasteiger charge is -2.40. The van der Waals surface area contributed by atoms with Gasteiger partial charge >= 0.3 is 0 Å². The van der Waals surface area contributed by atoms with E-state index in [1.807, 2.05) is 0 Å². The monoisotopic (exact) mass is 259 g/mol. The van der Waals surface area contributed by atoms with Gasteiger partial charge in [0.1, 0.15) is 0 Å². The van der Waals surface area contributed by atoms with Crippen LogP contribution in [0.1, 0.15) is 62.6 Å². The first-order valence-corrected chi connectivity index (χ1v) is 7.81. The van der Waals surface area contributed by atoms with Gasteiger partial charge in [0, 0.05) is 5.54 Å². The Morgan fingerprint density at radius 2 is 1.95 bits per heavy atom. The molecule has 0 saturated heterocycles. The first-order chi connectivity index (χ1) is 8.95. The molecular formula is C18H29N. The van der Waals surface area contributed by atoms with E-state index in [0.29, 0.717) is 5.92 Å². The highest BCUT2D eigenvalue weighted by molar-refractivity contribution is 5.34. The van der Waals surface area contributed by atoms with E-state index < -0.39 is 0 Å². The summed E-state index contributed by atoms with van der Waals surface area (Å²) in [6.45, 7) is 8.90. The van der Waals surface area contributed by atoms with Gasteiger partial charge in [0.15, 0.2) is 0 Å². The molecule has 0 heterocycles. The summed E-state index contributed by atoms with van der Waals surface area (Å²) in [6.07, 6.45) is 6.64. The average molecular weight is 259 g/mol. The summed E-state index contributed by atoms with van der Waals surface area (Å²) >= 11 is 0. The van der Waals surface area contributed by atoms with Crippen molar-refractivity contribution in [2.45, 2.75) is 65.3 Å². The molecule has 1 saturated carbocycles. The molecule has 0 spiro atoms. The SMILES string of the molecule is CCC1CCCC(C(C)(N)c2ccc(C)c(C)c2)C1. The fraction of sp³-hybridized carbons (Fsp3) is 0.667. The van der Waals surface area contributed by atoms with Gasteiger partial charge in [-0.05, 0) is 62.1 Å². The molecule has 2 N–H and O–H groups in total. The highest BCUT2D eigenvalue weighted by Gasteiger charge is 2.35. The number of aryl methyl sites for hydroxylation is 2. The van der Waals surface area contributed by atoms with Crippen LogP contribution in [0.2, 0.25) is 0 Å². The maximum Gasteiger partial charge on any atom is 0.0409 e. The zero-order chi connectivity index (χ0) is 14.0. The zero-order valence-corrected chi connectivity index (χ0v) is 13.0. The van der Waals surface area contributed by atoms with Crippen molar-refractivity contribution in [3.8, 4) is 0 Å². The molecule has 1 aromatic rings. The standard InChI is InChI=1S/C18H29N/c1-5-15-7-6-8-16(12-15)18(4,19)17-10-9-13(2)14(3)11-17/h9-11,15-16H,5-8,12,19H2,1-4H3. The van der Waals surface area contributed by atoms with Gasteiger partial charge in [-0.25, -0.2) is 0 Å². The number of nitrogens with two attached hydrogens (primary N) is 1. The number of hydrogen-bond donors (Lipinski definition) is 1. The van der Waals surface area contributed by atoms with Gasteiger partial charge in [-0.1, -0.05) is 44.4 Å². The van der Waals surface area contributed by atoms with E-state index in [1.165, 1.54) is 48.8 Å². The van der Waals surface area contributed by atoms with Gasteiger partial charge in [-0.15, -0.1) is 0 Å². The Bertz CT molecular complexity index is 433. The Morgan fingerprint density at radius 3 is 2.58 bits per heavy atom. The first-order valence-electron chi connectivity index (χ1n) is 7.81. The van der Waals surface area contributed by atoms with Crippen molar-refractivity contribution in [2.24, 2.45) is 17.6 Å². The molecule has 0 bridgehead atoms. The minimum atomic E-state index is -0.174. The van der Waals surface area contributed by atoms with Crippen LogP contribution >= 0.6 is 0 Å². The predicted octanol–water partition coefficient (Wildman–Crippen LogP) is 4.69. The van der Waals surface area contributed by atoms with E-state index in [0.717, 1.165) is 5.92 Å². The third kappa shape index (κ3) is 3.02. The van der Waals surface area contributed by atoms with Crippen LogP contribution < -0.4 is 5.73 Å². The third-order valence-corrected chi connectivity index (χ3v) is 5.34. The molecule has 19 heavy (non-hydrogen) atoms. The van der Waals surface area contributed by atoms with Crippen LogP contribution in [0.4, 0.5) is 0 Å². The van der Waals surface area contributed by atoms with Crippen molar-refractivity contribution in [3.05, 3.63) is 34.9 Å². The average Bonchev–Trinajstić information content (AvgIpc) is 2.41. The summed E-state index contributed by atoms with van der Waals surface area (Å²) in [5.74, 6) is 1.52. The lowest BCUT2D eigenvalue weighted by molar-refractivity contribution is 0.173. The Labute approximate surface area is 118 Å². The molecule has 0 aliphatic heterocycles. The summed E-state index contributed by atoms with van der Waals surface area (Å²) in [6, 6.07) is 6.75. The molecule has 3 atom stereocenters. The molecule has 0 radical (unpaired) electrons. The van der Waals surface area contributed by atoms with Gasteiger partial charge in [0.2, 0.25) is 0 Å². The quantitative estimate of drug-likeness (QED) is 0.837. The number of benzene rings is 1. The topological polar surface area (TPSA) is 26.0 Å². The molecule has 1 aliphatic carbocycles. The minimum Gasteiger partial charge on any atom is -0.321 e. The largest absolute Gasteiger partial charge is 0.321 e. The van der Waals surface area contributed by atoms with Crippen LogP contribution in [0, 0.1) is 25.7 Å². The highest BCUT2D eigenvalue weighted by Crippen LogP contribution is 2.40. The van der Waals surface area contributed by atoms with E-state index in [-0.39, 0.29) is 5.54 Å². The van der Waals surface area contributed by atoms with Crippen molar-refractivity contribution in [2.75, 3.05) is 0 Å². The summed E-state index contributed by atoms with van der Waals surface area (Å²) < 4.78 is 0. The second-order valence-electron chi connectivity index (χ2n) is 6.72. The van der Waals surface area contributed by atoms with E-state index >= 15 is 0 Å². The minimum absolute atomic E-state index is 0.174. The Hall–Kier alpha value is -0.820. The lowest BCUT2D eigenvalue weighted by atomic mass is 9.69. The highest BCUT2D eigenvalue weighted by atomic mass is 14.7. The molecule has 1 aromatic carbocycles. The lowest BCUT2D eigenvalue weighted by Crippen LogP contribution is -2.43. The fourth-order valence-corrected chi connectivity index (χ4v) is 3.52. The molecule has 106 valence electrons. The number of hydrogen-bond acceptors (Lipinski definition) is 1. The van der Waals surface area contributed by atoms with Gasteiger partial charge in [-0.3, -0.25) is 0 Å². The Morgan fingerprint density at radius 1 is 1.21 bits per heavy atom. The maximum atomic E-state index is 6.75. The van der Waals surface area contributed by atoms with Crippen LogP contribution in [-0.4, -0.2) is 0 Å². The van der Waals surface area contributed by atoms with E-state index in [9.17, 15) is 0 Å².